The molecule has 1 aromatic rings. The maximum Gasteiger partial charge on any atom is 0.169 e. The summed E-state index contributed by atoms with van der Waals surface area (Å²) in [5.74, 6) is 0.704. The topological polar surface area (TPSA) is 84.9 Å². The van der Waals surface area contributed by atoms with Gasteiger partial charge < -0.3 is 25.4 Å². The van der Waals surface area contributed by atoms with Crippen LogP contribution >= 0.6 is 15.9 Å². The van der Waals surface area contributed by atoms with E-state index in [0.717, 1.165) is 0 Å². The molecule has 1 aromatic carbocycles. The maximum absolute atomic E-state index is 9.86. The molecular weight excluding hydrogens is 278 g/mol. The molecule has 5 nitrogen and oxygen atoms in total. The van der Waals surface area contributed by atoms with Crippen LogP contribution in [-0.4, -0.2) is 31.0 Å². The van der Waals surface area contributed by atoms with Gasteiger partial charge in [-0.15, -0.1) is 0 Å². The molecule has 0 saturated heterocycles. The standard InChI is InChI=1S/C10H14BrNO4/c1-15-7-3-5(11)9(14)8(6(12)4-13)10(7)16-2/h3,6,13-14H,4,12H2,1-2H3. The fraction of sp³-hybridized carbons (Fsp3) is 0.400. The van der Waals surface area contributed by atoms with Crippen LogP contribution in [-0.2, 0) is 0 Å². The summed E-state index contributed by atoms with van der Waals surface area (Å²) in [5.41, 5.74) is 6.01. The van der Waals surface area contributed by atoms with Crippen molar-refractivity contribution in [3.05, 3.63) is 16.1 Å². The van der Waals surface area contributed by atoms with Gasteiger partial charge in [0.05, 0.1) is 36.9 Å². The quantitative estimate of drug-likeness (QED) is 0.775. The van der Waals surface area contributed by atoms with Crippen LogP contribution in [0.3, 0.4) is 0 Å². The van der Waals surface area contributed by atoms with Crippen LogP contribution < -0.4 is 15.2 Å². The molecule has 0 aliphatic rings. The lowest BCUT2D eigenvalue weighted by Gasteiger charge is -2.18. The van der Waals surface area contributed by atoms with Crippen molar-refractivity contribution in [3.8, 4) is 17.2 Å². The molecule has 0 saturated carbocycles. The summed E-state index contributed by atoms with van der Waals surface area (Å²) in [6.07, 6.45) is 0. The highest BCUT2D eigenvalue weighted by atomic mass is 79.9. The van der Waals surface area contributed by atoms with Gasteiger partial charge in [0, 0.05) is 6.07 Å². The lowest BCUT2D eigenvalue weighted by Crippen LogP contribution is -2.16. The second kappa shape index (κ2) is 5.38. The highest BCUT2D eigenvalue weighted by molar-refractivity contribution is 9.10. The van der Waals surface area contributed by atoms with Crippen molar-refractivity contribution in [2.45, 2.75) is 6.04 Å². The molecule has 6 heteroatoms. The maximum atomic E-state index is 9.86. The van der Waals surface area contributed by atoms with Crippen molar-refractivity contribution < 1.29 is 19.7 Å². The molecule has 0 aliphatic heterocycles. The Morgan fingerprint density at radius 2 is 2.06 bits per heavy atom. The Kier molecular flexibility index (Phi) is 4.40. The van der Waals surface area contributed by atoms with E-state index in [-0.39, 0.29) is 12.4 Å². The number of ether oxygens (including phenoxy) is 2. The number of aliphatic hydroxyl groups is 1. The van der Waals surface area contributed by atoms with Gasteiger partial charge in [-0.05, 0) is 15.9 Å². The summed E-state index contributed by atoms with van der Waals surface area (Å²) >= 11 is 3.18. The normalized spacial score (nSPS) is 12.3. The van der Waals surface area contributed by atoms with Gasteiger partial charge >= 0.3 is 0 Å². The molecule has 16 heavy (non-hydrogen) atoms. The molecule has 1 atom stereocenters. The Morgan fingerprint density at radius 3 is 2.50 bits per heavy atom. The number of benzene rings is 1. The predicted molar refractivity (Wildman–Crippen MR) is 62.9 cm³/mol. The fourth-order valence-electron chi connectivity index (χ4n) is 1.42. The molecule has 0 spiro atoms. The van der Waals surface area contributed by atoms with Crippen molar-refractivity contribution >= 4 is 15.9 Å². The van der Waals surface area contributed by atoms with Crippen molar-refractivity contribution in [1.29, 1.82) is 0 Å². The second-order valence-corrected chi connectivity index (χ2v) is 4.00. The summed E-state index contributed by atoms with van der Waals surface area (Å²) in [6.45, 7) is -0.302. The molecule has 90 valence electrons. The molecule has 0 bridgehead atoms. The molecule has 0 heterocycles. The van der Waals surface area contributed by atoms with Gasteiger partial charge in [-0.1, -0.05) is 0 Å². The molecule has 0 fully saturated rings. The van der Waals surface area contributed by atoms with Crippen LogP contribution in [0.2, 0.25) is 0 Å². The third-order valence-corrected chi connectivity index (χ3v) is 2.80. The van der Waals surface area contributed by atoms with E-state index in [4.69, 9.17) is 20.3 Å². The first kappa shape index (κ1) is 13.1. The summed E-state index contributed by atoms with van der Waals surface area (Å²) < 4.78 is 10.7. The number of methoxy groups -OCH3 is 2. The lowest BCUT2D eigenvalue weighted by atomic mass is 10.1. The first-order valence-corrected chi connectivity index (χ1v) is 5.35. The molecular formula is C10H14BrNO4. The van der Waals surface area contributed by atoms with E-state index >= 15 is 0 Å². The fourth-order valence-corrected chi connectivity index (χ4v) is 1.84. The SMILES string of the molecule is COc1cc(Br)c(O)c(C(N)CO)c1OC. The smallest absolute Gasteiger partial charge is 0.169 e. The number of rotatable bonds is 4. The highest BCUT2D eigenvalue weighted by Crippen LogP contribution is 2.44. The molecule has 0 amide bonds. The number of hydrogen-bond donors (Lipinski definition) is 3. The van der Waals surface area contributed by atoms with Gasteiger partial charge in [-0.2, -0.15) is 0 Å². The first-order valence-electron chi connectivity index (χ1n) is 4.56. The van der Waals surface area contributed by atoms with Crippen LogP contribution in [0.5, 0.6) is 17.2 Å². The molecule has 0 aromatic heterocycles. The summed E-state index contributed by atoms with van der Waals surface area (Å²) in [6, 6.07) is 0.836. The lowest BCUT2D eigenvalue weighted by molar-refractivity contribution is 0.259. The van der Waals surface area contributed by atoms with Crippen LogP contribution in [0, 0.1) is 0 Å². The zero-order valence-electron chi connectivity index (χ0n) is 9.03. The Balaban J connectivity index is 3.46. The minimum atomic E-state index is -0.735. The Bertz CT molecular complexity index is 384. The van der Waals surface area contributed by atoms with E-state index in [1.54, 1.807) is 6.07 Å². The zero-order valence-corrected chi connectivity index (χ0v) is 10.6. The predicted octanol–water partition coefficient (Wildman–Crippen LogP) is 1.16. The summed E-state index contributed by atoms with van der Waals surface area (Å²) in [4.78, 5) is 0. The van der Waals surface area contributed by atoms with E-state index < -0.39 is 6.04 Å². The molecule has 1 unspecified atom stereocenters. The number of nitrogens with two attached hydrogens (primary N) is 1. The monoisotopic (exact) mass is 291 g/mol. The minimum absolute atomic E-state index is 0.0563. The number of aromatic hydroxyl groups is 1. The largest absolute Gasteiger partial charge is 0.506 e. The third-order valence-electron chi connectivity index (χ3n) is 2.20. The van der Waals surface area contributed by atoms with E-state index in [1.807, 2.05) is 0 Å². The van der Waals surface area contributed by atoms with Crippen LogP contribution in [0.25, 0.3) is 0 Å². The van der Waals surface area contributed by atoms with E-state index in [1.165, 1.54) is 14.2 Å². The Morgan fingerprint density at radius 1 is 1.44 bits per heavy atom. The molecule has 0 aliphatic carbocycles. The van der Waals surface area contributed by atoms with Gasteiger partial charge in [-0.25, -0.2) is 0 Å². The van der Waals surface area contributed by atoms with Gasteiger partial charge in [0.15, 0.2) is 11.5 Å². The summed E-state index contributed by atoms with van der Waals surface area (Å²) in [7, 11) is 2.92. The van der Waals surface area contributed by atoms with Crippen LogP contribution in [0.4, 0.5) is 0 Å². The Hall–Kier alpha value is -0.980. The average Bonchev–Trinajstić information content (AvgIpc) is 2.30. The average molecular weight is 292 g/mol. The van der Waals surface area contributed by atoms with Gasteiger partial charge in [0.1, 0.15) is 5.75 Å². The zero-order chi connectivity index (χ0) is 12.3. The number of phenolic OH excluding ortho intramolecular Hbond substituents is 1. The van der Waals surface area contributed by atoms with E-state index in [2.05, 4.69) is 15.9 Å². The van der Waals surface area contributed by atoms with Crippen molar-refractivity contribution in [3.63, 3.8) is 0 Å². The number of hydrogen-bond acceptors (Lipinski definition) is 5. The van der Waals surface area contributed by atoms with Gasteiger partial charge in [0.2, 0.25) is 0 Å². The Labute approximate surface area is 102 Å². The second-order valence-electron chi connectivity index (χ2n) is 3.15. The van der Waals surface area contributed by atoms with Gasteiger partial charge in [-0.3, -0.25) is 0 Å². The van der Waals surface area contributed by atoms with Crippen LogP contribution in [0.1, 0.15) is 11.6 Å². The molecule has 1 rings (SSSR count). The number of aliphatic hydroxyl groups excluding tert-OH is 1. The molecule has 0 radical (unpaired) electrons. The van der Waals surface area contributed by atoms with Crippen molar-refractivity contribution in [2.24, 2.45) is 5.73 Å². The molecule has 4 N–H and O–H groups in total. The highest BCUT2D eigenvalue weighted by Gasteiger charge is 2.22. The summed E-state index contributed by atoms with van der Waals surface area (Å²) in [5, 5.41) is 18.9. The van der Waals surface area contributed by atoms with Crippen molar-refractivity contribution in [1.82, 2.24) is 0 Å². The third kappa shape index (κ3) is 2.23. The number of phenols is 1. The van der Waals surface area contributed by atoms with Crippen LogP contribution in [0.15, 0.2) is 10.5 Å². The van der Waals surface area contributed by atoms with E-state index in [0.29, 0.717) is 21.5 Å². The number of halogens is 1. The van der Waals surface area contributed by atoms with E-state index in [9.17, 15) is 5.11 Å². The van der Waals surface area contributed by atoms with Crippen molar-refractivity contribution in [2.75, 3.05) is 20.8 Å². The first-order chi connectivity index (χ1) is 7.56. The van der Waals surface area contributed by atoms with Gasteiger partial charge in [0.25, 0.3) is 0 Å². The minimum Gasteiger partial charge on any atom is -0.506 e.